The van der Waals surface area contributed by atoms with Gasteiger partial charge in [-0.25, -0.2) is 0 Å². The van der Waals surface area contributed by atoms with E-state index in [1.54, 1.807) is 0 Å². The van der Waals surface area contributed by atoms with Gasteiger partial charge in [0.25, 0.3) is 0 Å². The molecule has 0 spiro atoms. The lowest BCUT2D eigenvalue weighted by Crippen LogP contribution is -2.51. The van der Waals surface area contributed by atoms with E-state index in [0.29, 0.717) is 9.52 Å². The van der Waals surface area contributed by atoms with Gasteiger partial charge in [-0.15, -0.1) is 0 Å². The summed E-state index contributed by atoms with van der Waals surface area (Å²) >= 11 is 0. The van der Waals surface area contributed by atoms with Crippen LogP contribution in [0.4, 0.5) is 0 Å². The molecule has 0 saturated heterocycles. The molecule has 2 radical (unpaired) electrons. The zero-order chi connectivity index (χ0) is 23.2. The minimum atomic E-state index is -2.82. The van der Waals surface area contributed by atoms with Crippen molar-refractivity contribution in [3.8, 4) is 0 Å². The van der Waals surface area contributed by atoms with Crippen molar-refractivity contribution in [3.05, 3.63) is 0 Å². The minimum Gasteiger partial charge on any atom is -0.371 e. The third-order valence-electron chi connectivity index (χ3n) is 5.47. The van der Waals surface area contributed by atoms with Crippen LogP contribution in [0.25, 0.3) is 0 Å². The van der Waals surface area contributed by atoms with E-state index in [9.17, 15) is 0 Å². The van der Waals surface area contributed by atoms with Gasteiger partial charge in [-0.3, -0.25) is 0 Å². The highest BCUT2D eigenvalue weighted by atomic mass is 28.4. The van der Waals surface area contributed by atoms with Gasteiger partial charge < -0.3 is 22.8 Å². The molecule has 0 heterocycles. The predicted molar refractivity (Wildman–Crippen MR) is 129 cm³/mol. The van der Waals surface area contributed by atoms with Crippen molar-refractivity contribution < 1.29 is 22.8 Å². The summed E-state index contributed by atoms with van der Waals surface area (Å²) in [5.41, 5.74) is 0. The van der Waals surface area contributed by atoms with Crippen LogP contribution in [0.5, 0.6) is 0 Å². The van der Waals surface area contributed by atoms with Gasteiger partial charge in [0, 0.05) is 24.4 Å². The molecule has 0 aliphatic rings. The fraction of sp³-hybridized carbons (Fsp3) is 1.00. The molecule has 0 aliphatic heterocycles. The highest BCUT2D eigenvalue weighted by molar-refractivity contribution is 6.62. The first-order valence-corrected chi connectivity index (χ1v) is 15.4. The van der Waals surface area contributed by atoms with E-state index in [2.05, 4.69) is 69.2 Å². The molecule has 30 heavy (non-hydrogen) atoms. The molecule has 0 aromatic rings. The van der Waals surface area contributed by atoms with Crippen LogP contribution in [0.2, 0.25) is 12.1 Å². The molecule has 5 nitrogen and oxygen atoms in total. The van der Waals surface area contributed by atoms with E-state index in [4.69, 9.17) is 22.8 Å². The predicted octanol–water partition coefficient (Wildman–Crippen LogP) is 6.41. The molecule has 180 valence electrons. The van der Waals surface area contributed by atoms with E-state index in [1.807, 2.05) is 0 Å². The van der Waals surface area contributed by atoms with E-state index in [1.165, 1.54) is 0 Å². The molecule has 0 N–H and O–H groups in total. The van der Waals surface area contributed by atoms with Crippen molar-refractivity contribution in [2.45, 2.75) is 150 Å². The Morgan fingerprint density at radius 1 is 0.567 bits per heavy atom. The van der Waals surface area contributed by atoms with Crippen LogP contribution in [0.15, 0.2) is 0 Å². The average molecular weight is 463 g/mol. The summed E-state index contributed by atoms with van der Waals surface area (Å²) in [6.45, 7) is 21.3. The first-order chi connectivity index (χ1) is 14.1. The van der Waals surface area contributed by atoms with E-state index in [0.717, 1.165) is 44.2 Å². The Kier molecular flexibility index (Phi) is 16.9. The van der Waals surface area contributed by atoms with Gasteiger partial charge in [-0.05, 0) is 66.7 Å². The SMILES string of the molecule is CCC(C)OC(OC(C)CC)[Si]CC[Si](OC(C)CC)(OC(C)CC)OC(C)CC. The number of ether oxygens (including phenoxy) is 2. The molecule has 0 aromatic carbocycles. The standard InChI is InChI=1S/C23H50O5Si2/c1-11-18(6)24-23(25-19(7)12-2)29-16-17-30(26-20(8)13-3,27-21(9)14-4)28-22(10)15-5/h18-23H,11-17H2,1-10H3. The fourth-order valence-corrected chi connectivity index (χ4v) is 8.07. The number of hydrogen-bond donors (Lipinski definition) is 0. The third kappa shape index (κ3) is 12.9. The summed E-state index contributed by atoms with van der Waals surface area (Å²) in [5, 5.41) is 0. The third-order valence-corrected chi connectivity index (χ3v) is 10.3. The van der Waals surface area contributed by atoms with Gasteiger partial charge in [-0.2, -0.15) is 0 Å². The second-order valence-corrected chi connectivity index (χ2v) is 12.4. The highest BCUT2D eigenvalue weighted by Gasteiger charge is 2.45. The second-order valence-electron chi connectivity index (χ2n) is 8.44. The molecule has 5 unspecified atom stereocenters. The van der Waals surface area contributed by atoms with Crippen LogP contribution in [0.1, 0.15) is 101 Å². The summed E-state index contributed by atoms with van der Waals surface area (Å²) in [6, 6.07) is 1.72. The minimum absolute atomic E-state index is 0.122. The Labute approximate surface area is 191 Å². The lowest BCUT2D eigenvalue weighted by Gasteiger charge is -2.36. The van der Waals surface area contributed by atoms with E-state index < -0.39 is 8.80 Å². The Morgan fingerprint density at radius 2 is 0.900 bits per heavy atom. The van der Waals surface area contributed by atoms with Gasteiger partial charge >= 0.3 is 8.80 Å². The molecular weight excluding hydrogens is 412 g/mol. The van der Waals surface area contributed by atoms with Crippen molar-refractivity contribution in [2.75, 3.05) is 0 Å². The Morgan fingerprint density at radius 3 is 1.20 bits per heavy atom. The smallest absolute Gasteiger partial charge is 0.371 e. The monoisotopic (exact) mass is 462 g/mol. The van der Waals surface area contributed by atoms with Crippen molar-refractivity contribution in [1.29, 1.82) is 0 Å². The van der Waals surface area contributed by atoms with Gasteiger partial charge in [0.05, 0.1) is 12.2 Å². The lowest BCUT2D eigenvalue weighted by atomic mass is 10.3. The van der Waals surface area contributed by atoms with Crippen LogP contribution >= 0.6 is 0 Å². The van der Waals surface area contributed by atoms with Gasteiger partial charge in [0.1, 0.15) is 15.4 Å². The molecule has 0 fully saturated rings. The van der Waals surface area contributed by atoms with Crippen LogP contribution < -0.4 is 0 Å². The molecular formula is C23H50O5Si2. The normalized spacial score (nSPS) is 20.2. The van der Waals surface area contributed by atoms with E-state index in [-0.39, 0.29) is 36.4 Å². The van der Waals surface area contributed by atoms with Crippen LogP contribution in [0, 0.1) is 0 Å². The van der Waals surface area contributed by atoms with Crippen molar-refractivity contribution in [1.82, 2.24) is 0 Å². The fourth-order valence-electron chi connectivity index (χ4n) is 2.52. The molecule has 5 atom stereocenters. The Balaban J connectivity index is 5.34. The maximum absolute atomic E-state index is 6.54. The lowest BCUT2D eigenvalue weighted by molar-refractivity contribution is -0.143. The summed E-state index contributed by atoms with van der Waals surface area (Å²) in [6.07, 6.45) is 5.55. The van der Waals surface area contributed by atoms with Crippen molar-refractivity contribution >= 4 is 18.3 Å². The van der Waals surface area contributed by atoms with Gasteiger partial charge in [0.2, 0.25) is 0 Å². The summed E-state index contributed by atoms with van der Waals surface area (Å²) in [7, 11) is -2.28. The quantitative estimate of drug-likeness (QED) is 0.164. The number of rotatable bonds is 19. The van der Waals surface area contributed by atoms with Crippen LogP contribution in [-0.4, -0.2) is 54.8 Å². The van der Waals surface area contributed by atoms with Crippen LogP contribution in [-0.2, 0) is 22.8 Å². The zero-order valence-electron chi connectivity index (χ0n) is 21.5. The molecule has 7 heteroatoms. The van der Waals surface area contributed by atoms with Crippen molar-refractivity contribution in [3.63, 3.8) is 0 Å². The average Bonchev–Trinajstić information content (AvgIpc) is 2.72. The molecule has 0 aliphatic carbocycles. The largest absolute Gasteiger partial charge is 0.501 e. The maximum atomic E-state index is 6.54. The summed E-state index contributed by atoms with van der Waals surface area (Å²) in [4.78, 5) is 0. The molecule has 0 saturated carbocycles. The topological polar surface area (TPSA) is 46.2 Å². The Hall–Kier alpha value is 0.234. The Bertz CT molecular complexity index is 370. The maximum Gasteiger partial charge on any atom is 0.501 e. The van der Waals surface area contributed by atoms with Gasteiger partial charge in [-0.1, -0.05) is 40.7 Å². The molecule has 0 aromatic heterocycles. The van der Waals surface area contributed by atoms with Crippen LogP contribution in [0.3, 0.4) is 0 Å². The first-order valence-electron chi connectivity index (χ1n) is 12.2. The number of hydrogen-bond acceptors (Lipinski definition) is 5. The second kappa shape index (κ2) is 16.8. The summed E-state index contributed by atoms with van der Waals surface area (Å²) < 4.78 is 32.0. The molecule has 0 amide bonds. The molecule has 0 rings (SSSR count). The summed E-state index contributed by atoms with van der Waals surface area (Å²) in [5.74, 6) is -0.169. The molecule has 0 bridgehead atoms. The van der Waals surface area contributed by atoms with Gasteiger partial charge in [0.15, 0.2) is 0 Å². The van der Waals surface area contributed by atoms with Crippen molar-refractivity contribution in [2.24, 2.45) is 0 Å². The van der Waals surface area contributed by atoms with E-state index >= 15 is 0 Å². The first kappa shape index (κ1) is 30.2. The highest BCUT2D eigenvalue weighted by Crippen LogP contribution is 2.26. The zero-order valence-corrected chi connectivity index (χ0v) is 23.5.